The van der Waals surface area contributed by atoms with Crippen LogP contribution in [0.4, 0.5) is 16.2 Å². The molecule has 1 aromatic heterocycles. The molecule has 3 rings (SSSR count). The Morgan fingerprint density at radius 2 is 1.78 bits per heavy atom. The lowest BCUT2D eigenvalue weighted by Crippen LogP contribution is -2.35. The van der Waals surface area contributed by atoms with Gasteiger partial charge in [0.05, 0.1) is 18.6 Å². The molecule has 23 heavy (non-hydrogen) atoms. The molecule has 1 aromatic carbocycles. The highest BCUT2D eigenvalue weighted by atomic mass is 16.2. The molecule has 0 spiro atoms. The fourth-order valence-corrected chi connectivity index (χ4v) is 2.73. The number of likely N-dealkylation sites (tertiary alicyclic amines) is 1. The van der Waals surface area contributed by atoms with Crippen LogP contribution >= 0.6 is 0 Å². The zero-order chi connectivity index (χ0) is 15.9. The highest BCUT2D eigenvalue weighted by Crippen LogP contribution is 2.16. The maximum Gasteiger partial charge on any atom is 0.321 e. The van der Waals surface area contributed by atoms with E-state index in [9.17, 15) is 4.79 Å². The smallest absolute Gasteiger partial charge is 0.321 e. The van der Waals surface area contributed by atoms with E-state index < -0.39 is 0 Å². The van der Waals surface area contributed by atoms with Crippen LogP contribution in [0.25, 0.3) is 0 Å². The molecule has 2 aromatic rings. The van der Waals surface area contributed by atoms with Gasteiger partial charge < -0.3 is 20.5 Å². The van der Waals surface area contributed by atoms with Crippen molar-refractivity contribution in [2.24, 2.45) is 0 Å². The van der Waals surface area contributed by atoms with Crippen molar-refractivity contribution in [1.82, 2.24) is 14.9 Å². The Morgan fingerprint density at radius 1 is 1.09 bits per heavy atom. The van der Waals surface area contributed by atoms with Crippen LogP contribution < -0.4 is 10.6 Å². The van der Waals surface area contributed by atoms with Crippen LogP contribution in [0.5, 0.6) is 0 Å². The molecule has 3 N–H and O–H groups in total. The zero-order valence-electron chi connectivity index (χ0n) is 13.2. The SMILES string of the molecule is O=C(Nc1ccc(NCc2cnc[nH]2)cc1)N1CCCCCC1. The number of urea groups is 1. The lowest BCUT2D eigenvalue weighted by atomic mass is 10.2. The Hall–Kier alpha value is -2.50. The third kappa shape index (κ3) is 4.48. The van der Waals surface area contributed by atoms with E-state index in [4.69, 9.17) is 0 Å². The maximum atomic E-state index is 12.3. The van der Waals surface area contributed by atoms with E-state index in [1.165, 1.54) is 12.8 Å². The summed E-state index contributed by atoms with van der Waals surface area (Å²) in [6.07, 6.45) is 8.11. The lowest BCUT2D eigenvalue weighted by molar-refractivity contribution is 0.214. The number of rotatable bonds is 4. The van der Waals surface area contributed by atoms with Gasteiger partial charge in [-0.3, -0.25) is 0 Å². The topological polar surface area (TPSA) is 73.0 Å². The van der Waals surface area contributed by atoms with Gasteiger partial charge >= 0.3 is 6.03 Å². The number of H-pyrrole nitrogens is 1. The van der Waals surface area contributed by atoms with Crippen molar-refractivity contribution in [2.45, 2.75) is 32.2 Å². The number of carbonyl (C=O) groups is 1. The molecule has 122 valence electrons. The third-order valence-corrected chi connectivity index (χ3v) is 4.07. The molecule has 1 aliphatic rings. The molecule has 0 unspecified atom stereocenters. The number of nitrogens with one attached hydrogen (secondary N) is 3. The summed E-state index contributed by atoms with van der Waals surface area (Å²) >= 11 is 0. The largest absolute Gasteiger partial charge is 0.379 e. The molecule has 0 bridgehead atoms. The Kier molecular flexibility index (Phi) is 5.13. The minimum Gasteiger partial charge on any atom is -0.379 e. The highest BCUT2D eigenvalue weighted by Gasteiger charge is 2.15. The van der Waals surface area contributed by atoms with Gasteiger partial charge in [-0.25, -0.2) is 9.78 Å². The molecule has 6 nitrogen and oxygen atoms in total. The normalized spacial score (nSPS) is 15.0. The molecule has 0 aliphatic carbocycles. The number of anilines is 2. The van der Waals surface area contributed by atoms with Gasteiger partial charge in [0.2, 0.25) is 0 Å². The summed E-state index contributed by atoms with van der Waals surface area (Å²) in [6.45, 7) is 2.41. The van der Waals surface area contributed by atoms with Gasteiger partial charge in [-0.2, -0.15) is 0 Å². The fourth-order valence-electron chi connectivity index (χ4n) is 2.73. The summed E-state index contributed by atoms with van der Waals surface area (Å²) in [7, 11) is 0. The van der Waals surface area contributed by atoms with Crippen molar-refractivity contribution in [3.63, 3.8) is 0 Å². The Labute approximate surface area is 136 Å². The van der Waals surface area contributed by atoms with Crippen molar-refractivity contribution in [2.75, 3.05) is 23.7 Å². The number of imidazole rings is 1. The summed E-state index contributed by atoms with van der Waals surface area (Å²) in [5, 5.41) is 6.28. The number of carbonyl (C=O) groups excluding carboxylic acids is 1. The first-order valence-corrected chi connectivity index (χ1v) is 8.18. The molecule has 6 heteroatoms. The van der Waals surface area contributed by atoms with E-state index in [0.29, 0.717) is 6.54 Å². The summed E-state index contributed by atoms with van der Waals surface area (Å²) in [4.78, 5) is 21.2. The van der Waals surface area contributed by atoms with E-state index >= 15 is 0 Å². The van der Waals surface area contributed by atoms with Gasteiger partial charge in [0.15, 0.2) is 0 Å². The van der Waals surface area contributed by atoms with Crippen LogP contribution in [-0.4, -0.2) is 34.0 Å². The Morgan fingerprint density at radius 3 is 2.43 bits per heavy atom. The van der Waals surface area contributed by atoms with Gasteiger partial charge in [0.1, 0.15) is 0 Å². The average Bonchev–Trinajstić information content (AvgIpc) is 2.94. The van der Waals surface area contributed by atoms with E-state index in [1.54, 1.807) is 12.5 Å². The monoisotopic (exact) mass is 313 g/mol. The van der Waals surface area contributed by atoms with Crippen LogP contribution in [0.2, 0.25) is 0 Å². The molecule has 2 heterocycles. The van der Waals surface area contributed by atoms with Crippen molar-refractivity contribution in [3.8, 4) is 0 Å². The van der Waals surface area contributed by atoms with E-state index in [2.05, 4.69) is 20.6 Å². The van der Waals surface area contributed by atoms with E-state index in [1.807, 2.05) is 29.2 Å². The highest BCUT2D eigenvalue weighted by molar-refractivity contribution is 5.89. The van der Waals surface area contributed by atoms with Gasteiger partial charge in [-0.1, -0.05) is 12.8 Å². The van der Waals surface area contributed by atoms with Gasteiger partial charge in [-0.15, -0.1) is 0 Å². The predicted molar refractivity (Wildman–Crippen MR) is 91.4 cm³/mol. The Balaban J connectivity index is 1.51. The second-order valence-electron chi connectivity index (χ2n) is 5.84. The van der Waals surface area contributed by atoms with Crippen LogP contribution in [0, 0.1) is 0 Å². The average molecular weight is 313 g/mol. The number of hydrogen-bond acceptors (Lipinski definition) is 3. The first-order valence-electron chi connectivity index (χ1n) is 8.18. The standard InChI is InChI=1S/C17H23N5O/c23-17(22-9-3-1-2-4-10-22)21-15-7-5-14(6-8-15)19-12-16-11-18-13-20-16/h5-8,11,13,19H,1-4,9-10,12H2,(H,18,20)(H,21,23). The number of aromatic amines is 1. The van der Waals surface area contributed by atoms with Gasteiger partial charge in [-0.05, 0) is 37.1 Å². The van der Waals surface area contributed by atoms with Crippen molar-refractivity contribution < 1.29 is 4.79 Å². The summed E-state index contributed by atoms with van der Waals surface area (Å²) in [5.41, 5.74) is 2.86. The molecule has 0 atom stereocenters. The molecule has 1 fully saturated rings. The van der Waals surface area contributed by atoms with E-state index in [0.717, 1.165) is 43.0 Å². The van der Waals surface area contributed by atoms with E-state index in [-0.39, 0.29) is 6.03 Å². The summed E-state index contributed by atoms with van der Waals surface area (Å²) < 4.78 is 0. The number of aromatic nitrogens is 2. The number of hydrogen-bond donors (Lipinski definition) is 3. The lowest BCUT2D eigenvalue weighted by Gasteiger charge is -2.20. The molecule has 2 amide bonds. The molecular formula is C17H23N5O. The van der Waals surface area contributed by atoms with Gasteiger partial charge in [0.25, 0.3) is 0 Å². The second-order valence-corrected chi connectivity index (χ2v) is 5.84. The summed E-state index contributed by atoms with van der Waals surface area (Å²) in [5.74, 6) is 0. The maximum absolute atomic E-state index is 12.3. The van der Waals surface area contributed by atoms with Crippen LogP contribution in [0.15, 0.2) is 36.8 Å². The molecule has 0 saturated carbocycles. The third-order valence-electron chi connectivity index (χ3n) is 4.07. The number of nitrogens with zero attached hydrogens (tertiary/aromatic N) is 2. The molecule has 1 aliphatic heterocycles. The summed E-state index contributed by atoms with van der Waals surface area (Å²) in [6, 6.07) is 7.78. The van der Waals surface area contributed by atoms with Crippen molar-refractivity contribution >= 4 is 17.4 Å². The fraction of sp³-hybridized carbons (Fsp3) is 0.412. The number of amides is 2. The predicted octanol–water partition coefficient (Wildman–Crippen LogP) is 3.43. The van der Waals surface area contributed by atoms with Crippen LogP contribution in [0.3, 0.4) is 0 Å². The number of benzene rings is 1. The van der Waals surface area contributed by atoms with Crippen molar-refractivity contribution in [3.05, 3.63) is 42.5 Å². The Bertz CT molecular complexity index is 600. The quantitative estimate of drug-likeness (QED) is 0.809. The first-order chi connectivity index (χ1) is 11.3. The minimum atomic E-state index is 0.00469. The van der Waals surface area contributed by atoms with Crippen molar-refractivity contribution in [1.29, 1.82) is 0 Å². The first kappa shape index (κ1) is 15.4. The second kappa shape index (κ2) is 7.67. The molecule has 0 radical (unpaired) electrons. The molecular weight excluding hydrogens is 290 g/mol. The molecule has 1 saturated heterocycles. The minimum absolute atomic E-state index is 0.00469. The zero-order valence-corrected chi connectivity index (χ0v) is 13.2. The van der Waals surface area contributed by atoms with Gasteiger partial charge in [0, 0.05) is 30.7 Å². The van der Waals surface area contributed by atoms with Crippen LogP contribution in [-0.2, 0) is 6.54 Å². The van der Waals surface area contributed by atoms with Crippen LogP contribution in [0.1, 0.15) is 31.4 Å².